The second-order valence-electron chi connectivity index (χ2n) is 7.06. The van der Waals surface area contributed by atoms with Gasteiger partial charge in [-0.25, -0.2) is 9.59 Å². The molecule has 3 amide bonds. The predicted molar refractivity (Wildman–Crippen MR) is 112 cm³/mol. The molecule has 1 saturated carbocycles. The van der Waals surface area contributed by atoms with Crippen molar-refractivity contribution in [2.45, 2.75) is 45.1 Å². The second-order valence-corrected chi connectivity index (χ2v) is 7.06. The standard InChI is InChI=1S/C22H24N4O3/c1-15-11-12-17(24-22(28)29-18-8-3-2-4-9-18)13-20(15)26-21(27)25-19-10-6-5-7-16(19)14-23/h5-7,10-13,18H,2-4,8-9H2,1H3,(H,24,28)(H2,25,26,27). The summed E-state index contributed by atoms with van der Waals surface area (Å²) in [6.07, 6.45) is 4.64. The molecular weight excluding hydrogens is 368 g/mol. The summed E-state index contributed by atoms with van der Waals surface area (Å²) in [6.45, 7) is 1.85. The molecule has 0 aromatic heterocycles. The maximum atomic E-state index is 12.4. The molecular formula is C22H24N4O3. The van der Waals surface area contributed by atoms with E-state index in [0.29, 0.717) is 22.6 Å². The molecule has 0 aliphatic heterocycles. The van der Waals surface area contributed by atoms with Crippen molar-refractivity contribution in [3.63, 3.8) is 0 Å². The Labute approximate surface area is 170 Å². The highest BCUT2D eigenvalue weighted by Crippen LogP contribution is 2.23. The number of hydrogen-bond donors (Lipinski definition) is 3. The van der Waals surface area contributed by atoms with E-state index < -0.39 is 12.1 Å². The first-order valence-electron chi connectivity index (χ1n) is 9.70. The normalized spacial score (nSPS) is 13.8. The van der Waals surface area contributed by atoms with Crippen LogP contribution in [0, 0.1) is 18.3 Å². The van der Waals surface area contributed by atoms with Gasteiger partial charge in [0.05, 0.1) is 11.3 Å². The predicted octanol–water partition coefficient (Wildman–Crippen LogP) is 5.39. The van der Waals surface area contributed by atoms with Gasteiger partial charge in [0.15, 0.2) is 0 Å². The second kappa shape index (κ2) is 9.60. The van der Waals surface area contributed by atoms with Crippen molar-refractivity contribution in [3.8, 4) is 6.07 Å². The van der Waals surface area contributed by atoms with Gasteiger partial charge in [0.25, 0.3) is 0 Å². The summed E-state index contributed by atoms with van der Waals surface area (Å²) in [6, 6.07) is 13.5. The van der Waals surface area contributed by atoms with Gasteiger partial charge >= 0.3 is 12.1 Å². The van der Waals surface area contributed by atoms with Crippen LogP contribution in [-0.2, 0) is 4.74 Å². The zero-order valence-corrected chi connectivity index (χ0v) is 16.3. The molecule has 1 aliphatic rings. The Balaban J connectivity index is 1.61. The number of aryl methyl sites for hydroxylation is 1. The van der Waals surface area contributed by atoms with Gasteiger partial charge in [-0.1, -0.05) is 24.6 Å². The molecule has 0 spiro atoms. The molecule has 2 aromatic carbocycles. The minimum atomic E-state index is -0.487. The van der Waals surface area contributed by atoms with E-state index in [-0.39, 0.29) is 6.10 Å². The average Bonchev–Trinajstić information content (AvgIpc) is 2.71. The van der Waals surface area contributed by atoms with E-state index in [1.54, 1.807) is 42.5 Å². The monoisotopic (exact) mass is 392 g/mol. The topological polar surface area (TPSA) is 103 Å². The Morgan fingerprint density at radius 1 is 1.00 bits per heavy atom. The van der Waals surface area contributed by atoms with Crippen LogP contribution in [0.2, 0.25) is 0 Å². The molecule has 1 fully saturated rings. The number of urea groups is 1. The summed E-state index contributed by atoms with van der Waals surface area (Å²) in [5, 5.41) is 17.3. The van der Waals surface area contributed by atoms with E-state index in [4.69, 9.17) is 10.00 Å². The lowest BCUT2D eigenvalue weighted by Crippen LogP contribution is -2.24. The number of anilines is 3. The maximum absolute atomic E-state index is 12.4. The van der Waals surface area contributed by atoms with Gasteiger partial charge in [-0.2, -0.15) is 5.26 Å². The fraction of sp³-hybridized carbons (Fsp3) is 0.318. The van der Waals surface area contributed by atoms with E-state index in [2.05, 4.69) is 16.0 Å². The molecule has 150 valence electrons. The van der Waals surface area contributed by atoms with Crippen LogP contribution in [0.3, 0.4) is 0 Å². The van der Waals surface area contributed by atoms with Crippen LogP contribution in [-0.4, -0.2) is 18.2 Å². The van der Waals surface area contributed by atoms with E-state index >= 15 is 0 Å². The van der Waals surface area contributed by atoms with Crippen molar-refractivity contribution in [3.05, 3.63) is 53.6 Å². The maximum Gasteiger partial charge on any atom is 0.411 e. The number of hydrogen-bond acceptors (Lipinski definition) is 4. The van der Waals surface area contributed by atoms with Crippen molar-refractivity contribution in [1.82, 2.24) is 0 Å². The van der Waals surface area contributed by atoms with Gasteiger partial charge in [-0.15, -0.1) is 0 Å². The highest BCUT2D eigenvalue weighted by molar-refractivity contribution is 6.01. The number of amides is 3. The molecule has 0 atom stereocenters. The van der Waals surface area contributed by atoms with Gasteiger partial charge < -0.3 is 15.4 Å². The van der Waals surface area contributed by atoms with E-state index in [1.807, 2.05) is 13.0 Å². The van der Waals surface area contributed by atoms with Crippen LogP contribution in [0.25, 0.3) is 0 Å². The van der Waals surface area contributed by atoms with Crippen molar-refractivity contribution in [2.24, 2.45) is 0 Å². The number of rotatable bonds is 4. The lowest BCUT2D eigenvalue weighted by molar-refractivity contribution is 0.0865. The summed E-state index contributed by atoms with van der Waals surface area (Å²) in [7, 11) is 0. The third-order valence-corrected chi connectivity index (χ3v) is 4.85. The lowest BCUT2D eigenvalue weighted by Gasteiger charge is -2.22. The first-order chi connectivity index (χ1) is 14.0. The molecule has 3 rings (SSSR count). The van der Waals surface area contributed by atoms with E-state index in [9.17, 15) is 9.59 Å². The quantitative estimate of drug-likeness (QED) is 0.649. The summed E-state index contributed by atoms with van der Waals surface area (Å²) in [5.41, 5.74) is 2.71. The molecule has 7 nitrogen and oxygen atoms in total. The molecule has 0 unspecified atom stereocenters. The summed E-state index contributed by atoms with van der Waals surface area (Å²) in [4.78, 5) is 24.5. The number of carbonyl (C=O) groups is 2. The van der Waals surface area contributed by atoms with Crippen LogP contribution in [0.5, 0.6) is 0 Å². The number of nitriles is 1. The highest BCUT2D eigenvalue weighted by atomic mass is 16.6. The smallest absolute Gasteiger partial charge is 0.411 e. The van der Waals surface area contributed by atoms with Gasteiger partial charge in [0, 0.05) is 11.4 Å². The highest BCUT2D eigenvalue weighted by Gasteiger charge is 2.18. The molecule has 0 saturated heterocycles. The van der Waals surface area contributed by atoms with Crippen LogP contribution < -0.4 is 16.0 Å². The van der Waals surface area contributed by atoms with Crippen LogP contribution in [0.1, 0.15) is 43.2 Å². The van der Waals surface area contributed by atoms with Gasteiger partial charge in [-0.3, -0.25) is 5.32 Å². The number of para-hydroxylation sites is 1. The number of nitrogens with zero attached hydrogens (tertiary/aromatic N) is 1. The first kappa shape index (κ1) is 20.2. The van der Waals surface area contributed by atoms with E-state index in [1.165, 1.54) is 6.42 Å². The Bertz CT molecular complexity index is 930. The zero-order chi connectivity index (χ0) is 20.6. The van der Waals surface area contributed by atoms with E-state index in [0.717, 1.165) is 31.2 Å². The number of ether oxygens (including phenoxy) is 1. The fourth-order valence-electron chi connectivity index (χ4n) is 3.28. The molecule has 29 heavy (non-hydrogen) atoms. The number of nitrogens with one attached hydrogen (secondary N) is 3. The average molecular weight is 392 g/mol. The Hall–Kier alpha value is -3.53. The zero-order valence-electron chi connectivity index (χ0n) is 16.3. The van der Waals surface area contributed by atoms with Crippen molar-refractivity contribution in [2.75, 3.05) is 16.0 Å². The Morgan fingerprint density at radius 3 is 2.48 bits per heavy atom. The summed E-state index contributed by atoms with van der Waals surface area (Å²) < 4.78 is 5.47. The van der Waals surface area contributed by atoms with Gasteiger partial charge in [0.2, 0.25) is 0 Å². The Morgan fingerprint density at radius 2 is 1.72 bits per heavy atom. The first-order valence-corrected chi connectivity index (χ1v) is 9.70. The largest absolute Gasteiger partial charge is 0.446 e. The Kier molecular flexibility index (Phi) is 6.69. The minimum Gasteiger partial charge on any atom is -0.446 e. The van der Waals surface area contributed by atoms with Crippen LogP contribution >= 0.6 is 0 Å². The summed E-state index contributed by atoms with van der Waals surface area (Å²) in [5.74, 6) is 0. The van der Waals surface area contributed by atoms with Gasteiger partial charge in [0.1, 0.15) is 12.2 Å². The third-order valence-electron chi connectivity index (χ3n) is 4.85. The van der Waals surface area contributed by atoms with Crippen LogP contribution in [0.4, 0.5) is 26.7 Å². The van der Waals surface area contributed by atoms with Crippen molar-refractivity contribution in [1.29, 1.82) is 5.26 Å². The summed E-state index contributed by atoms with van der Waals surface area (Å²) >= 11 is 0. The molecule has 1 aliphatic carbocycles. The van der Waals surface area contributed by atoms with Crippen molar-refractivity contribution >= 4 is 29.2 Å². The molecule has 7 heteroatoms. The molecule has 0 bridgehead atoms. The molecule has 0 heterocycles. The lowest BCUT2D eigenvalue weighted by atomic mass is 9.98. The molecule has 0 radical (unpaired) electrons. The fourth-order valence-corrected chi connectivity index (χ4v) is 3.28. The molecule has 3 N–H and O–H groups in total. The minimum absolute atomic E-state index is 0.0298. The number of carbonyl (C=O) groups excluding carboxylic acids is 2. The third kappa shape index (κ3) is 5.72. The van der Waals surface area contributed by atoms with Gasteiger partial charge in [-0.05, 0) is 62.4 Å². The molecule has 2 aromatic rings. The van der Waals surface area contributed by atoms with Crippen LogP contribution in [0.15, 0.2) is 42.5 Å². The number of benzene rings is 2. The van der Waals surface area contributed by atoms with Crippen molar-refractivity contribution < 1.29 is 14.3 Å². The SMILES string of the molecule is Cc1ccc(NC(=O)OC2CCCCC2)cc1NC(=O)Nc1ccccc1C#N.